The normalized spacial score (nSPS) is 19.9. The Hall–Kier alpha value is -1.67. The van der Waals surface area contributed by atoms with Gasteiger partial charge in [0.15, 0.2) is 0 Å². The molecule has 0 aliphatic carbocycles. The van der Waals surface area contributed by atoms with Crippen molar-refractivity contribution < 1.29 is 4.79 Å². The van der Waals surface area contributed by atoms with E-state index in [9.17, 15) is 4.79 Å². The lowest BCUT2D eigenvalue weighted by atomic mass is 10.2. The minimum atomic E-state index is 0.0245. The smallest absolute Gasteiger partial charge is 0.228 e. The summed E-state index contributed by atoms with van der Waals surface area (Å²) < 4.78 is 0. The molecule has 1 aliphatic heterocycles. The molecule has 2 rings (SSSR count). The van der Waals surface area contributed by atoms with E-state index >= 15 is 0 Å². The van der Waals surface area contributed by atoms with Gasteiger partial charge in [-0.1, -0.05) is 0 Å². The Bertz CT molecular complexity index is 481. The summed E-state index contributed by atoms with van der Waals surface area (Å²) in [4.78, 5) is 13.3. The van der Waals surface area contributed by atoms with Crippen LogP contribution in [0, 0.1) is 11.3 Å². The zero-order valence-electron chi connectivity index (χ0n) is 8.55. The Morgan fingerprint density at radius 1 is 1.56 bits per heavy atom. The zero-order chi connectivity index (χ0) is 11.7. The molecule has 1 aromatic carbocycles. The topological polar surface area (TPSA) is 70.1 Å². The van der Waals surface area contributed by atoms with E-state index in [0.29, 0.717) is 29.9 Å². The average Bonchev–Trinajstić information content (AvgIpc) is 2.57. The number of nitrogen functional groups attached to an aromatic ring is 1. The Kier molecular flexibility index (Phi) is 2.75. The molecule has 16 heavy (non-hydrogen) atoms. The van der Waals surface area contributed by atoms with Crippen molar-refractivity contribution in [2.45, 2.75) is 11.7 Å². The maximum Gasteiger partial charge on any atom is 0.228 e. The molecule has 0 aromatic heterocycles. The molecule has 1 saturated heterocycles. The van der Waals surface area contributed by atoms with Gasteiger partial charge in [0.2, 0.25) is 5.91 Å². The number of amides is 1. The minimum Gasteiger partial charge on any atom is -0.397 e. The van der Waals surface area contributed by atoms with Gasteiger partial charge >= 0.3 is 0 Å². The standard InChI is InChI=1S/C11H11N3OS/c12-5-7-1-2-10(9(13)3-7)14-6-8(16)4-11(14)15/h1-3,8,16H,4,6,13H2. The van der Waals surface area contributed by atoms with Crippen LogP contribution in [0.15, 0.2) is 18.2 Å². The van der Waals surface area contributed by atoms with E-state index in [1.165, 1.54) is 0 Å². The highest BCUT2D eigenvalue weighted by atomic mass is 32.1. The summed E-state index contributed by atoms with van der Waals surface area (Å²) in [6.07, 6.45) is 0.433. The summed E-state index contributed by atoms with van der Waals surface area (Å²) in [5.41, 5.74) is 7.43. The molecule has 1 aliphatic rings. The number of nitrogens with two attached hydrogens (primary N) is 1. The summed E-state index contributed by atoms with van der Waals surface area (Å²) in [6, 6.07) is 6.95. The number of hydrogen-bond acceptors (Lipinski definition) is 4. The lowest BCUT2D eigenvalue weighted by Crippen LogP contribution is -2.25. The third-order valence-corrected chi connectivity index (χ3v) is 2.90. The number of thiol groups is 1. The molecule has 82 valence electrons. The van der Waals surface area contributed by atoms with Crippen LogP contribution in [0.5, 0.6) is 0 Å². The van der Waals surface area contributed by atoms with E-state index in [1.807, 2.05) is 6.07 Å². The molecule has 1 heterocycles. The number of nitrogens with zero attached hydrogens (tertiary/aromatic N) is 2. The monoisotopic (exact) mass is 233 g/mol. The van der Waals surface area contributed by atoms with E-state index in [2.05, 4.69) is 12.6 Å². The molecule has 1 aromatic rings. The number of carbonyl (C=O) groups excluding carboxylic acids is 1. The average molecular weight is 233 g/mol. The van der Waals surface area contributed by atoms with Gasteiger partial charge in [-0.15, -0.1) is 0 Å². The van der Waals surface area contributed by atoms with Gasteiger partial charge in [0.1, 0.15) is 0 Å². The van der Waals surface area contributed by atoms with Crippen molar-refractivity contribution in [1.29, 1.82) is 5.26 Å². The molecule has 1 unspecified atom stereocenters. The maximum atomic E-state index is 11.6. The Morgan fingerprint density at radius 3 is 2.81 bits per heavy atom. The van der Waals surface area contributed by atoms with Crippen molar-refractivity contribution in [1.82, 2.24) is 0 Å². The van der Waals surface area contributed by atoms with E-state index in [4.69, 9.17) is 11.0 Å². The first kappa shape index (κ1) is 10.8. The van der Waals surface area contributed by atoms with Crippen molar-refractivity contribution in [2.24, 2.45) is 0 Å². The molecule has 4 nitrogen and oxygen atoms in total. The first-order chi connectivity index (χ1) is 7.61. The second kappa shape index (κ2) is 4.06. The molecule has 2 N–H and O–H groups in total. The van der Waals surface area contributed by atoms with Crippen LogP contribution in [0.25, 0.3) is 0 Å². The summed E-state index contributed by atoms with van der Waals surface area (Å²) >= 11 is 4.28. The zero-order valence-corrected chi connectivity index (χ0v) is 9.45. The van der Waals surface area contributed by atoms with Gasteiger partial charge in [0, 0.05) is 18.2 Å². The number of carbonyl (C=O) groups is 1. The molecule has 0 radical (unpaired) electrons. The summed E-state index contributed by atoms with van der Waals surface area (Å²) in [6.45, 7) is 0.568. The fraction of sp³-hybridized carbons (Fsp3) is 0.273. The van der Waals surface area contributed by atoms with Crippen LogP contribution in [0.1, 0.15) is 12.0 Å². The first-order valence-corrected chi connectivity index (χ1v) is 5.41. The Labute approximate surface area is 99.1 Å². The summed E-state index contributed by atoms with van der Waals surface area (Å²) in [5, 5.41) is 8.77. The quantitative estimate of drug-likeness (QED) is 0.565. The van der Waals surface area contributed by atoms with E-state index < -0.39 is 0 Å². The second-order valence-electron chi connectivity index (χ2n) is 3.75. The predicted octanol–water partition coefficient (Wildman–Crippen LogP) is 1.18. The highest BCUT2D eigenvalue weighted by Gasteiger charge is 2.29. The van der Waals surface area contributed by atoms with Gasteiger partial charge in [0.05, 0.1) is 23.0 Å². The van der Waals surface area contributed by atoms with Crippen molar-refractivity contribution in [3.8, 4) is 6.07 Å². The van der Waals surface area contributed by atoms with Crippen LogP contribution in [-0.4, -0.2) is 17.7 Å². The third-order valence-electron chi connectivity index (χ3n) is 2.55. The van der Waals surface area contributed by atoms with Crippen LogP contribution in [0.4, 0.5) is 11.4 Å². The van der Waals surface area contributed by atoms with Gasteiger partial charge in [-0.3, -0.25) is 4.79 Å². The van der Waals surface area contributed by atoms with E-state index in [0.717, 1.165) is 0 Å². The summed E-state index contributed by atoms with van der Waals surface area (Å²) in [5.74, 6) is 0.0245. The van der Waals surface area contributed by atoms with Crippen LogP contribution in [-0.2, 0) is 4.79 Å². The highest BCUT2D eigenvalue weighted by molar-refractivity contribution is 7.81. The molecule has 0 bridgehead atoms. The molecule has 0 saturated carbocycles. The van der Waals surface area contributed by atoms with Crippen molar-refractivity contribution >= 4 is 29.9 Å². The van der Waals surface area contributed by atoms with Gasteiger partial charge in [-0.2, -0.15) is 17.9 Å². The SMILES string of the molecule is N#Cc1ccc(N2CC(S)CC2=O)c(N)c1. The van der Waals surface area contributed by atoms with Gasteiger partial charge in [0.25, 0.3) is 0 Å². The van der Waals surface area contributed by atoms with Crippen molar-refractivity contribution in [2.75, 3.05) is 17.2 Å². The number of hydrogen-bond donors (Lipinski definition) is 2. The fourth-order valence-electron chi connectivity index (χ4n) is 1.79. The number of rotatable bonds is 1. The van der Waals surface area contributed by atoms with Crippen LogP contribution < -0.4 is 10.6 Å². The van der Waals surface area contributed by atoms with E-state index in [1.54, 1.807) is 23.1 Å². The number of nitriles is 1. The highest BCUT2D eigenvalue weighted by Crippen LogP contribution is 2.29. The maximum absolute atomic E-state index is 11.6. The van der Waals surface area contributed by atoms with E-state index in [-0.39, 0.29) is 11.2 Å². The predicted molar refractivity (Wildman–Crippen MR) is 65.3 cm³/mol. The van der Waals surface area contributed by atoms with Crippen LogP contribution in [0.3, 0.4) is 0 Å². The van der Waals surface area contributed by atoms with Gasteiger partial charge < -0.3 is 10.6 Å². The van der Waals surface area contributed by atoms with Crippen LogP contribution >= 0.6 is 12.6 Å². The third kappa shape index (κ3) is 1.84. The Morgan fingerprint density at radius 2 is 2.31 bits per heavy atom. The van der Waals surface area contributed by atoms with Crippen LogP contribution in [0.2, 0.25) is 0 Å². The van der Waals surface area contributed by atoms with Crippen molar-refractivity contribution in [3.63, 3.8) is 0 Å². The molecular formula is C11H11N3OS. The second-order valence-corrected chi connectivity index (χ2v) is 4.48. The lowest BCUT2D eigenvalue weighted by molar-refractivity contribution is -0.117. The van der Waals surface area contributed by atoms with Gasteiger partial charge in [-0.05, 0) is 18.2 Å². The minimum absolute atomic E-state index is 0.0245. The summed E-state index contributed by atoms with van der Waals surface area (Å²) in [7, 11) is 0. The molecule has 1 fully saturated rings. The largest absolute Gasteiger partial charge is 0.397 e. The van der Waals surface area contributed by atoms with Crippen molar-refractivity contribution in [3.05, 3.63) is 23.8 Å². The number of anilines is 2. The first-order valence-electron chi connectivity index (χ1n) is 4.90. The molecular weight excluding hydrogens is 222 g/mol. The number of benzene rings is 1. The lowest BCUT2D eigenvalue weighted by Gasteiger charge is -2.18. The molecule has 5 heteroatoms. The fourth-order valence-corrected chi connectivity index (χ4v) is 2.11. The molecule has 1 atom stereocenters. The van der Waals surface area contributed by atoms with Gasteiger partial charge in [-0.25, -0.2) is 0 Å². The Balaban J connectivity index is 2.35. The molecule has 1 amide bonds. The molecule has 0 spiro atoms.